The molecule has 0 aromatic carbocycles. The Morgan fingerprint density at radius 2 is 1.75 bits per heavy atom. The largest absolute Gasteiger partial charge is 0.466 e. The highest BCUT2D eigenvalue weighted by atomic mass is 32.1. The van der Waals surface area contributed by atoms with E-state index in [1.54, 1.807) is 24.5 Å². The summed E-state index contributed by atoms with van der Waals surface area (Å²) in [6, 6.07) is 3.61. The van der Waals surface area contributed by atoms with Gasteiger partial charge in [0.25, 0.3) is 5.91 Å². The Kier molecular flexibility index (Phi) is 12.1. The van der Waals surface area contributed by atoms with Crippen LogP contribution >= 0.6 is 11.3 Å². The molecule has 12 heteroatoms. The van der Waals surface area contributed by atoms with Crippen LogP contribution in [0.15, 0.2) is 30.6 Å². The van der Waals surface area contributed by atoms with E-state index in [0.717, 1.165) is 34.8 Å². The molecule has 0 radical (unpaired) electrons. The van der Waals surface area contributed by atoms with E-state index in [4.69, 9.17) is 0 Å². The van der Waals surface area contributed by atoms with E-state index in [-0.39, 0.29) is 18.2 Å². The van der Waals surface area contributed by atoms with Gasteiger partial charge in [0, 0.05) is 63.8 Å². The smallest absolute Gasteiger partial charge is 0.330 e. The third-order valence-corrected chi connectivity index (χ3v) is 6.93. The molecule has 1 aliphatic heterocycles. The highest BCUT2D eigenvalue weighted by molar-refractivity contribution is 7.16. The Morgan fingerprint density at radius 3 is 2.42 bits per heavy atom. The molecule has 2 amide bonds. The van der Waals surface area contributed by atoms with Gasteiger partial charge in [-0.15, -0.1) is 0 Å². The number of piperazine rings is 1. The number of carbonyl (C=O) groups excluding carboxylic acids is 4. The fourth-order valence-corrected chi connectivity index (χ4v) is 4.62. The van der Waals surface area contributed by atoms with E-state index in [1.807, 2.05) is 11.0 Å². The Hall–Kier alpha value is -4.24. The second kappa shape index (κ2) is 16.0. The lowest BCUT2D eigenvalue weighted by atomic mass is 10.1. The van der Waals surface area contributed by atoms with Crippen LogP contribution in [0, 0.1) is 11.8 Å². The molecule has 0 unspecified atom stereocenters. The van der Waals surface area contributed by atoms with Gasteiger partial charge in [0.2, 0.25) is 5.91 Å². The summed E-state index contributed by atoms with van der Waals surface area (Å²) in [5.74, 6) is 5.04. The summed E-state index contributed by atoms with van der Waals surface area (Å²) < 4.78 is 4.56. The SMILES string of the molecule is COC(=O)/C=C/c1ccc(C#Cc2cnc(N3CCN(C(=O)CCCCCCC(=O)NOC(C)=O)CC3)s2)cn1. The molecule has 0 bridgehead atoms. The Morgan fingerprint density at radius 1 is 1.00 bits per heavy atom. The van der Waals surface area contributed by atoms with Crippen molar-refractivity contribution in [2.75, 3.05) is 38.2 Å². The molecule has 1 saturated heterocycles. The maximum Gasteiger partial charge on any atom is 0.330 e. The van der Waals surface area contributed by atoms with Gasteiger partial charge in [-0.1, -0.05) is 30.1 Å². The first kappa shape index (κ1) is 30.3. The second-order valence-corrected chi connectivity index (χ2v) is 10.00. The van der Waals surface area contributed by atoms with E-state index >= 15 is 0 Å². The second-order valence-electron chi connectivity index (χ2n) is 8.99. The average Bonchev–Trinajstić information content (AvgIpc) is 3.45. The van der Waals surface area contributed by atoms with Crippen LogP contribution in [-0.2, 0) is 28.8 Å². The van der Waals surface area contributed by atoms with Crippen LogP contribution in [0.25, 0.3) is 6.08 Å². The van der Waals surface area contributed by atoms with Crippen LogP contribution in [0.1, 0.15) is 61.6 Å². The van der Waals surface area contributed by atoms with Gasteiger partial charge in [0.05, 0.1) is 23.9 Å². The molecule has 1 fully saturated rings. The van der Waals surface area contributed by atoms with Crippen LogP contribution in [0.4, 0.5) is 5.13 Å². The van der Waals surface area contributed by atoms with E-state index in [1.165, 1.54) is 31.4 Å². The number of ether oxygens (including phenoxy) is 1. The Bertz CT molecular complexity index is 1260. The van der Waals surface area contributed by atoms with Crippen LogP contribution in [0.2, 0.25) is 0 Å². The molecule has 212 valence electrons. The topological polar surface area (TPSA) is 131 Å². The zero-order valence-electron chi connectivity index (χ0n) is 22.7. The van der Waals surface area contributed by atoms with Crippen molar-refractivity contribution in [1.82, 2.24) is 20.3 Å². The molecule has 0 spiro atoms. The number of pyridine rings is 1. The van der Waals surface area contributed by atoms with E-state index in [9.17, 15) is 19.2 Å². The molecule has 11 nitrogen and oxygen atoms in total. The first-order chi connectivity index (χ1) is 19.3. The van der Waals surface area contributed by atoms with Crippen molar-refractivity contribution in [1.29, 1.82) is 0 Å². The fraction of sp³-hybridized carbons (Fsp3) is 0.429. The predicted octanol–water partition coefficient (Wildman–Crippen LogP) is 2.71. The van der Waals surface area contributed by atoms with Gasteiger partial charge in [-0.25, -0.2) is 9.78 Å². The summed E-state index contributed by atoms with van der Waals surface area (Å²) in [6.07, 6.45) is 10.2. The normalized spacial score (nSPS) is 12.9. The number of hydrogen-bond acceptors (Lipinski definition) is 10. The third-order valence-electron chi connectivity index (χ3n) is 5.96. The van der Waals surface area contributed by atoms with E-state index < -0.39 is 11.9 Å². The van der Waals surface area contributed by atoms with Gasteiger partial charge in [-0.3, -0.25) is 19.4 Å². The number of amides is 2. The van der Waals surface area contributed by atoms with Gasteiger partial charge in [0.1, 0.15) is 0 Å². The minimum Gasteiger partial charge on any atom is -0.466 e. The van der Waals surface area contributed by atoms with Crippen molar-refractivity contribution in [2.24, 2.45) is 0 Å². The lowest BCUT2D eigenvalue weighted by molar-refractivity contribution is -0.156. The Balaban J connectivity index is 1.35. The average molecular weight is 568 g/mol. The summed E-state index contributed by atoms with van der Waals surface area (Å²) in [5.41, 5.74) is 3.48. The number of rotatable bonds is 10. The van der Waals surface area contributed by atoms with Crippen molar-refractivity contribution < 1.29 is 28.8 Å². The van der Waals surface area contributed by atoms with Gasteiger partial charge in [0.15, 0.2) is 5.13 Å². The van der Waals surface area contributed by atoms with Crippen LogP contribution < -0.4 is 10.4 Å². The monoisotopic (exact) mass is 567 g/mol. The van der Waals surface area contributed by atoms with Crippen LogP contribution in [0.5, 0.6) is 0 Å². The third kappa shape index (κ3) is 10.5. The number of methoxy groups -OCH3 is 1. The first-order valence-corrected chi connectivity index (χ1v) is 13.8. The molecule has 0 atom stereocenters. The molecule has 2 aromatic heterocycles. The number of hydroxylamine groups is 1. The minimum absolute atomic E-state index is 0.151. The standard InChI is InChI=1S/C28H33N5O6S/c1-21(34)39-31-25(35)7-5-3-4-6-8-26(36)32-15-17-33(18-16-32)28-30-20-24(40-28)13-10-22-9-11-23(29-19-22)12-14-27(37)38-2/h9,11-12,14,19-20H,3-8,15-18H2,1-2H3,(H,31,35)/b14-12+. The lowest BCUT2D eigenvalue weighted by Gasteiger charge is -2.34. The highest BCUT2D eigenvalue weighted by Crippen LogP contribution is 2.23. The maximum atomic E-state index is 12.6. The molecule has 3 rings (SSSR count). The number of anilines is 1. The molecule has 1 aliphatic rings. The molecule has 0 saturated carbocycles. The van der Waals surface area contributed by atoms with E-state index in [0.29, 0.717) is 44.7 Å². The summed E-state index contributed by atoms with van der Waals surface area (Å²) >= 11 is 1.51. The number of nitrogens with zero attached hydrogens (tertiary/aromatic N) is 4. The quantitative estimate of drug-likeness (QED) is 0.151. The summed E-state index contributed by atoms with van der Waals surface area (Å²) in [6.45, 7) is 3.96. The molecular weight excluding hydrogens is 534 g/mol. The van der Waals surface area contributed by atoms with Gasteiger partial charge < -0.3 is 19.4 Å². The van der Waals surface area contributed by atoms with Gasteiger partial charge in [-0.2, -0.15) is 5.48 Å². The summed E-state index contributed by atoms with van der Waals surface area (Å²) in [5, 5.41) is 0.885. The van der Waals surface area contributed by atoms with Gasteiger partial charge >= 0.3 is 11.9 Å². The van der Waals surface area contributed by atoms with Crippen molar-refractivity contribution in [3.05, 3.63) is 46.7 Å². The Labute approximate surface area is 237 Å². The number of thiazole rings is 1. The van der Waals surface area contributed by atoms with Crippen molar-refractivity contribution >= 4 is 46.3 Å². The zero-order chi connectivity index (χ0) is 28.7. The first-order valence-electron chi connectivity index (χ1n) is 13.0. The number of nitrogens with one attached hydrogen (secondary N) is 1. The van der Waals surface area contributed by atoms with Crippen LogP contribution in [-0.4, -0.2) is 71.9 Å². The predicted molar refractivity (Wildman–Crippen MR) is 150 cm³/mol. The number of esters is 1. The zero-order valence-corrected chi connectivity index (χ0v) is 23.5. The molecule has 2 aromatic rings. The molecule has 0 aliphatic carbocycles. The van der Waals surface area contributed by atoms with E-state index in [2.05, 4.69) is 41.8 Å². The number of carbonyl (C=O) groups is 4. The minimum atomic E-state index is -0.556. The summed E-state index contributed by atoms with van der Waals surface area (Å²) in [4.78, 5) is 64.1. The van der Waals surface area contributed by atoms with Crippen LogP contribution in [0.3, 0.4) is 0 Å². The maximum absolute atomic E-state index is 12.6. The summed E-state index contributed by atoms with van der Waals surface area (Å²) in [7, 11) is 1.32. The van der Waals surface area contributed by atoms with Crippen molar-refractivity contribution in [3.8, 4) is 11.8 Å². The molecule has 1 N–H and O–H groups in total. The molecular formula is C28H33N5O6S. The number of aromatic nitrogens is 2. The highest BCUT2D eigenvalue weighted by Gasteiger charge is 2.22. The van der Waals surface area contributed by atoms with Crippen molar-refractivity contribution in [3.63, 3.8) is 0 Å². The number of unbranched alkanes of at least 4 members (excludes halogenated alkanes) is 3. The fourth-order valence-electron chi connectivity index (χ4n) is 3.80. The number of hydrogen-bond donors (Lipinski definition) is 1. The van der Waals surface area contributed by atoms with Crippen molar-refractivity contribution in [2.45, 2.75) is 45.4 Å². The molecule has 3 heterocycles. The lowest BCUT2D eigenvalue weighted by Crippen LogP contribution is -2.48. The van der Waals surface area contributed by atoms with Gasteiger partial charge in [-0.05, 0) is 37.0 Å². The molecule has 40 heavy (non-hydrogen) atoms.